The minimum absolute atomic E-state index is 0.192. The molecule has 1 heterocycles. The summed E-state index contributed by atoms with van der Waals surface area (Å²) >= 11 is 0. The van der Waals surface area contributed by atoms with E-state index in [1.54, 1.807) is 42.1 Å². The van der Waals surface area contributed by atoms with E-state index in [2.05, 4.69) is 4.72 Å². The summed E-state index contributed by atoms with van der Waals surface area (Å²) < 4.78 is 28.3. The van der Waals surface area contributed by atoms with Gasteiger partial charge in [-0.25, -0.2) is 8.42 Å². The van der Waals surface area contributed by atoms with Gasteiger partial charge in [-0.1, -0.05) is 18.2 Å². The van der Waals surface area contributed by atoms with Crippen molar-refractivity contribution in [3.8, 4) is 0 Å². The number of aryl methyl sites for hydroxylation is 1. The van der Waals surface area contributed by atoms with Gasteiger partial charge in [0.05, 0.1) is 12.3 Å². The fourth-order valence-electron chi connectivity index (χ4n) is 1.60. The predicted octanol–water partition coefficient (Wildman–Crippen LogP) is 1.32. The second kappa shape index (κ2) is 4.83. The SMILES string of the molecule is Cn1ccc(S(=O)(=O)Nc2ccccc2CO)c1. The third-order valence-electron chi connectivity index (χ3n) is 2.55. The van der Waals surface area contributed by atoms with Gasteiger partial charge in [-0.05, 0) is 12.1 Å². The van der Waals surface area contributed by atoms with Crippen molar-refractivity contribution in [3.63, 3.8) is 0 Å². The molecule has 18 heavy (non-hydrogen) atoms. The molecule has 0 aliphatic carbocycles. The van der Waals surface area contributed by atoms with E-state index in [4.69, 9.17) is 5.11 Å². The summed E-state index contributed by atoms with van der Waals surface area (Å²) in [6, 6.07) is 8.26. The number of sulfonamides is 1. The maximum Gasteiger partial charge on any atom is 0.263 e. The number of aliphatic hydroxyl groups is 1. The van der Waals surface area contributed by atoms with Gasteiger partial charge >= 0.3 is 0 Å². The van der Waals surface area contributed by atoms with E-state index in [0.29, 0.717) is 11.3 Å². The molecule has 0 bridgehead atoms. The van der Waals surface area contributed by atoms with Crippen LogP contribution in [0.4, 0.5) is 5.69 Å². The molecule has 2 rings (SSSR count). The van der Waals surface area contributed by atoms with Crippen LogP contribution < -0.4 is 4.72 Å². The molecule has 0 saturated carbocycles. The van der Waals surface area contributed by atoms with E-state index in [-0.39, 0.29) is 11.5 Å². The van der Waals surface area contributed by atoms with Gasteiger partial charge in [0.25, 0.3) is 10.0 Å². The summed E-state index contributed by atoms with van der Waals surface area (Å²) in [5, 5.41) is 9.15. The van der Waals surface area contributed by atoms with Crippen molar-refractivity contribution in [1.82, 2.24) is 4.57 Å². The molecule has 0 aliphatic heterocycles. The zero-order chi connectivity index (χ0) is 13.2. The first-order valence-electron chi connectivity index (χ1n) is 5.36. The molecule has 0 unspecified atom stereocenters. The lowest BCUT2D eigenvalue weighted by molar-refractivity contribution is 0.282. The Morgan fingerprint density at radius 3 is 2.61 bits per heavy atom. The highest BCUT2D eigenvalue weighted by molar-refractivity contribution is 7.92. The molecule has 0 saturated heterocycles. The highest BCUT2D eigenvalue weighted by Gasteiger charge is 2.16. The van der Waals surface area contributed by atoms with E-state index in [1.165, 1.54) is 12.3 Å². The van der Waals surface area contributed by atoms with Crippen LogP contribution in [-0.4, -0.2) is 18.1 Å². The molecule has 0 fully saturated rings. The van der Waals surface area contributed by atoms with Crippen molar-refractivity contribution < 1.29 is 13.5 Å². The maximum atomic E-state index is 12.1. The molecular formula is C12H14N2O3S. The van der Waals surface area contributed by atoms with Crippen LogP contribution in [0.5, 0.6) is 0 Å². The van der Waals surface area contributed by atoms with Crippen LogP contribution in [0, 0.1) is 0 Å². The van der Waals surface area contributed by atoms with Gasteiger partial charge in [-0.15, -0.1) is 0 Å². The van der Waals surface area contributed by atoms with Gasteiger partial charge in [0.2, 0.25) is 0 Å². The summed E-state index contributed by atoms with van der Waals surface area (Å²) in [5.41, 5.74) is 0.931. The first-order valence-corrected chi connectivity index (χ1v) is 6.85. The fraction of sp³-hybridized carbons (Fsp3) is 0.167. The molecule has 0 spiro atoms. The van der Waals surface area contributed by atoms with Crippen LogP contribution >= 0.6 is 0 Å². The Morgan fingerprint density at radius 2 is 2.00 bits per heavy atom. The number of benzene rings is 1. The standard InChI is InChI=1S/C12H14N2O3S/c1-14-7-6-11(8-14)18(16,17)13-12-5-3-2-4-10(12)9-15/h2-8,13,15H,9H2,1H3. The first-order chi connectivity index (χ1) is 8.53. The molecule has 96 valence electrons. The van der Waals surface area contributed by atoms with Crippen molar-refractivity contribution in [1.29, 1.82) is 0 Å². The van der Waals surface area contributed by atoms with Gasteiger partial charge in [-0.2, -0.15) is 0 Å². The Kier molecular flexibility index (Phi) is 3.40. The Morgan fingerprint density at radius 1 is 1.28 bits per heavy atom. The highest BCUT2D eigenvalue weighted by Crippen LogP contribution is 2.20. The van der Waals surface area contributed by atoms with Crippen molar-refractivity contribution in [2.75, 3.05) is 4.72 Å². The maximum absolute atomic E-state index is 12.1. The molecule has 6 heteroatoms. The number of para-hydroxylation sites is 1. The fourth-order valence-corrected chi connectivity index (χ4v) is 2.75. The van der Waals surface area contributed by atoms with Crippen LogP contribution in [-0.2, 0) is 23.7 Å². The number of aliphatic hydroxyl groups excluding tert-OH is 1. The zero-order valence-corrected chi connectivity index (χ0v) is 10.7. The van der Waals surface area contributed by atoms with Crippen LogP contribution in [0.2, 0.25) is 0 Å². The Bertz CT molecular complexity index is 647. The van der Waals surface area contributed by atoms with Gasteiger partial charge in [0, 0.05) is 25.0 Å². The lowest BCUT2D eigenvalue weighted by Crippen LogP contribution is -2.13. The zero-order valence-electron chi connectivity index (χ0n) is 9.87. The molecular weight excluding hydrogens is 252 g/mol. The second-order valence-electron chi connectivity index (χ2n) is 3.93. The average Bonchev–Trinajstić information content (AvgIpc) is 2.77. The molecule has 2 aromatic rings. The van der Waals surface area contributed by atoms with Gasteiger partial charge in [-0.3, -0.25) is 4.72 Å². The number of aromatic nitrogens is 1. The second-order valence-corrected chi connectivity index (χ2v) is 5.62. The number of rotatable bonds is 4. The summed E-state index contributed by atoms with van der Waals surface area (Å²) in [4.78, 5) is 0.192. The monoisotopic (exact) mass is 266 g/mol. The molecule has 5 nitrogen and oxygen atoms in total. The van der Waals surface area contributed by atoms with Gasteiger partial charge in [0.1, 0.15) is 4.90 Å². The largest absolute Gasteiger partial charge is 0.392 e. The average molecular weight is 266 g/mol. The van der Waals surface area contributed by atoms with Crippen LogP contribution in [0.25, 0.3) is 0 Å². The number of hydrogen-bond acceptors (Lipinski definition) is 3. The molecule has 1 aromatic carbocycles. The topological polar surface area (TPSA) is 71.3 Å². The van der Waals surface area contributed by atoms with E-state index < -0.39 is 10.0 Å². The number of nitrogens with zero attached hydrogens (tertiary/aromatic N) is 1. The quantitative estimate of drug-likeness (QED) is 0.876. The lowest BCUT2D eigenvalue weighted by Gasteiger charge is -2.10. The van der Waals surface area contributed by atoms with E-state index in [1.807, 2.05) is 0 Å². The summed E-state index contributed by atoms with van der Waals surface area (Å²) in [5.74, 6) is 0. The van der Waals surface area contributed by atoms with Gasteiger partial charge < -0.3 is 9.67 Å². The number of anilines is 1. The highest BCUT2D eigenvalue weighted by atomic mass is 32.2. The van der Waals surface area contributed by atoms with E-state index in [0.717, 1.165) is 0 Å². The van der Waals surface area contributed by atoms with Crippen LogP contribution in [0.1, 0.15) is 5.56 Å². The molecule has 0 aliphatic rings. The Hall–Kier alpha value is -1.79. The first kappa shape index (κ1) is 12.7. The normalized spacial score (nSPS) is 11.4. The molecule has 0 atom stereocenters. The minimum Gasteiger partial charge on any atom is -0.392 e. The van der Waals surface area contributed by atoms with Crippen molar-refractivity contribution >= 4 is 15.7 Å². The van der Waals surface area contributed by atoms with Crippen molar-refractivity contribution in [2.45, 2.75) is 11.5 Å². The van der Waals surface area contributed by atoms with Crippen LogP contribution in [0.3, 0.4) is 0 Å². The predicted molar refractivity (Wildman–Crippen MR) is 68.6 cm³/mol. The molecule has 2 N–H and O–H groups in total. The molecule has 0 amide bonds. The van der Waals surface area contributed by atoms with E-state index in [9.17, 15) is 8.42 Å². The molecule has 0 radical (unpaired) electrons. The Labute approximate surface area is 106 Å². The number of nitrogens with one attached hydrogen (secondary N) is 1. The van der Waals surface area contributed by atoms with E-state index >= 15 is 0 Å². The summed E-state index contributed by atoms with van der Waals surface area (Å²) in [6.07, 6.45) is 3.18. The Balaban J connectivity index is 2.33. The van der Waals surface area contributed by atoms with Crippen LogP contribution in [0.15, 0.2) is 47.6 Å². The minimum atomic E-state index is -3.61. The lowest BCUT2D eigenvalue weighted by atomic mass is 10.2. The number of hydrogen-bond donors (Lipinski definition) is 2. The third-order valence-corrected chi connectivity index (χ3v) is 3.90. The summed E-state index contributed by atoms with van der Waals surface area (Å²) in [7, 11) is -1.86. The van der Waals surface area contributed by atoms with Gasteiger partial charge in [0.15, 0.2) is 0 Å². The third kappa shape index (κ3) is 2.55. The smallest absolute Gasteiger partial charge is 0.263 e. The molecule has 1 aromatic heterocycles. The van der Waals surface area contributed by atoms with Crippen molar-refractivity contribution in [2.24, 2.45) is 7.05 Å². The van der Waals surface area contributed by atoms with Crippen molar-refractivity contribution in [3.05, 3.63) is 48.3 Å². The summed E-state index contributed by atoms with van der Waals surface area (Å²) in [6.45, 7) is -0.215.